The summed E-state index contributed by atoms with van der Waals surface area (Å²) in [5.74, 6) is -1.45. The van der Waals surface area contributed by atoms with Crippen molar-refractivity contribution >= 4 is 44.9 Å². The highest BCUT2D eigenvalue weighted by Gasteiger charge is 2.44. The largest absolute Gasteiger partial charge is 0.490 e. The number of benzene rings is 2. The van der Waals surface area contributed by atoms with E-state index in [0.29, 0.717) is 30.5 Å². The zero-order valence-electron chi connectivity index (χ0n) is 31.9. The van der Waals surface area contributed by atoms with Crippen molar-refractivity contribution in [1.29, 1.82) is 0 Å². The Balaban J connectivity index is 1.34. The summed E-state index contributed by atoms with van der Waals surface area (Å²) in [5, 5.41) is 7.81. The van der Waals surface area contributed by atoms with Gasteiger partial charge in [0, 0.05) is 56.4 Å². The first-order valence-electron chi connectivity index (χ1n) is 18.8. The number of halogens is 1. The van der Waals surface area contributed by atoms with Crippen LogP contribution in [0.2, 0.25) is 5.02 Å². The first-order chi connectivity index (χ1) is 26.3. The van der Waals surface area contributed by atoms with Crippen LogP contribution in [-0.2, 0) is 38.3 Å². The van der Waals surface area contributed by atoms with Gasteiger partial charge < -0.3 is 24.4 Å². The SMILES string of the molecule is COc1nn(C)cc1C(=O)NS1(=O)=NC(=O)c2ccc3c(c2)N(C[C@@H]2CC[C@H]2[C@@H](OC)/C=C/[C@H](NC(C)=O)[C@H](C)C1)C[C@@]1(CCCc2cc(Cl)ccc21)CO3. The molecule has 1 fully saturated rings. The maximum absolute atomic E-state index is 14.9. The minimum Gasteiger partial charge on any atom is -0.490 e. The number of anilines is 1. The second-order valence-electron chi connectivity index (χ2n) is 15.4. The van der Waals surface area contributed by atoms with Crippen LogP contribution in [0.4, 0.5) is 5.69 Å². The third-order valence-corrected chi connectivity index (χ3v) is 13.8. The van der Waals surface area contributed by atoms with Gasteiger partial charge in [-0.1, -0.05) is 36.7 Å². The number of fused-ring (bicyclic) bond motifs is 4. The molecule has 3 aromatic rings. The summed E-state index contributed by atoms with van der Waals surface area (Å²) >= 11 is 6.47. The van der Waals surface area contributed by atoms with Gasteiger partial charge in [-0.15, -0.1) is 9.46 Å². The van der Waals surface area contributed by atoms with E-state index in [9.17, 15) is 18.6 Å². The predicted molar refractivity (Wildman–Crippen MR) is 210 cm³/mol. The van der Waals surface area contributed by atoms with Crippen LogP contribution in [0.15, 0.2) is 59.1 Å². The molecule has 4 aliphatic rings. The third-order valence-electron chi connectivity index (χ3n) is 11.6. The molecule has 13 nitrogen and oxygen atoms in total. The van der Waals surface area contributed by atoms with E-state index in [1.54, 1.807) is 39.3 Å². The Hall–Kier alpha value is -4.40. The average molecular weight is 793 g/mol. The van der Waals surface area contributed by atoms with Gasteiger partial charge in [0.05, 0.1) is 37.3 Å². The highest BCUT2D eigenvalue weighted by Crippen LogP contribution is 2.47. The molecule has 0 radical (unpaired) electrons. The monoisotopic (exact) mass is 792 g/mol. The van der Waals surface area contributed by atoms with Crippen molar-refractivity contribution in [3.63, 3.8) is 0 Å². The number of hydrogen-bond donors (Lipinski definition) is 2. The van der Waals surface area contributed by atoms with Crippen molar-refractivity contribution in [3.05, 3.63) is 82.0 Å². The molecule has 3 heterocycles. The second-order valence-corrected chi connectivity index (χ2v) is 17.9. The number of aromatic nitrogens is 2. The van der Waals surface area contributed by atoms with Gasteiger partial charge in [0.25, 0.3) is 11.8 Å². The fourth-order valence-electron chi connectivity index (χ4n) is 8.75. The summed E-state index contributed by atoms with van der Waals surface area (Å²) in [7, 11) is 0.881. The highest BCUT2D eigenvalue weighted by molar-refractivity contribution is 7.92. The van der Waals surface area contributed by atoms with Crippen molar-refractivity contribution in [2.75, 3.05) is 44.6 Å². The van der Waals surface area contributed by atoms with Crippen molar-refractivity contribution < 1.29 is 32.8 Å². The highest BCUT2D eigenvalue weighted by atomic mass is 35.5. The molecule has 3 amide bonds. The number of nitrogens with zero attached hydrogens (tertiary/aromatic N) is 4. The van der Waals surface area contributed by atoms with Crippen LogP contribution in [0.1, 0.15) is 71.4 Å². The molecule has 1 saturated carbocycles. The molecule has 1 unspecified atom stereocenters. The Labute approximate surface area is 327 Å². The zero-order chi connectivity index (χ0) is 39.1. The Bertz CT molecular complexity index is 2150. The third kappa shape index (κ3) is 7.99. The summed E-state index contributed by atoms with van der Waals surface area (Å²) in [4.78, 5) is 42.7. The summed E-state index contributed by atoms with van der Waals surface area (Å²) < 4.78 is 41.1. The Morgan fingerprint density at radius 3 is 2.67 bits per heavy atom. The molecule has 1 spiro atoms. The number of hydrogen-bond acceptors (Lipinski definition) is 9. The van der Waals surface area contributed by atoms with Gasteiger partial charge in [-0.3, -0.25) is 23.8 Å². The van der Waals surface area contributed by atoms with E-state index in [2.05, 4.69) is 36.5 Å². The van der Waals surface area contributed by atoms with Crippen molar-refractivity contribution in [1.82, 2.24) is 19.8 Å². The summed E-state index contributed by atoms with van der Waals surface area (Å²) in [6.07, 6.45) is 9.87. The first-order valence-corrected chi connectivity index (χ1v) is 20.8. The number of amides is 3. The summed E-state index contributed by atoms with van der Waals surface area (Å²) in [6.45, 7) is 5.01. The fraction of sp³-hybridized carbons (Fsp3) is 0.500. The van der Waals surface area contributed by atoms with Gasteiger partial charge in [-0.25, -0.2) is 4.21 Å². The predicted octanol–water partition coefficient (Wildman–Crippen LogP) is 5.26. The summed E-state index contributed by atoms with van der Waals surface area (Å²) in [5.41, 5.74) is 3.14. The number of carbonyl (C=O) groups is 3. The van der Waals surface area contributed by atoms with Crippen molar-refractivity contribution in [2.45, 2.75) is 63.5 Å². The van der Waals surface area contributed by atoms with Crippen LogP contribution in [0.3, 0.4) is 0 Å². The van der Waals surface area contributed by atoms with E-state index in [1.165, 1.54) is 36.0 Å². The van der Waals surface area contributed by atoms with E-state index in [-0.39, 0.29) is 52.0 Å². The van der Waals surface area contributed by atoms with E-state index < -0.39 is 33.7 Å². The van der Waals surface area contributed by atoms with Crippen LogP contribution in [0.5, 0.6) is 11.6 Å². The first kappa shape index (κ1) is 38.9. The second kappa shape index (κ2) is 15.6. The van der Waals surface area contributed by atoms with Crippen molar-refractivity contribution in [2.24, 2.45) is 29.2 Å². The van der Waals surface area contributed by atoms with Gasteiger partial charge in [-0.05, 0) is 91.3 Å². The minimum atomic E-state index is -3.81. The molecule has 294 valence electrons. The zero-order valence-corrected chi connectivity index (χ0v) is 33.5. The molecule has 2 N–H and O–H groups in total. The smallest absolute Gasteiger partial charge is 0.286 e. The van der Waals surface area contributed by atoms with Crippen LogP contribution < -0.4 is 24.4 Å². The molecule has 2 bridgehead atoms. The lowest BCUT2D eigenvalue weighted by Crippen LogP contribution is -2.49. The van der Waals surface area contributed by atoms with Gasteiger partial charge in [0.2, 0.25) is 11.8 Å². The van der Waals surface area contributed by atoms with Crippen LogP contribution in [0, 0.1) is 17.8 Å². The molecule has 55 heavy (non-hydrogen) atoms. The quantitative estimate of drug-likeness (QED) is 0.330. The van der Waals surface area contributed by atoms with Crippen LogP contribution >= 0.6 is 11.6 Å². The van der Waals surface area contributed by atoms with Crippen LogP contribution in [-0.4, -0.2) is 83.5 Å². The molecule has 2 aliphatic heterocycles. The van der Waals surface area contributed by atoms with E-state index in [4.69, 9.17) is 25.8 Å². The maximum atomic E-state index is 14.9. The molecular formula is C40H49ClN6O7S. The Kier molecular flexibility index (Phi) is 11.0. The average Bonchev–Trinajstić information content (AvgIpc) is 3.45. The Morgan fingerprint density at radius 2 is 1.95 bits per heavy atom. The molecule has 7 rings (SSSR count). The molecule has 15 heteroatoms. The number of rotatable bonds is 5. The number of ether oxygens (including phenoxy) is 3. The fourth-order valence-corrected chi connectivity index (χ4v) is 10.8. The minimum absolute atomic E-state index is 0.0295. The lowest BCUT2D eigenvalue weighted by molar-refractivity contribution is -0.119. The molecule has 2 aliphatic carbocycles. The Morgan fingerprint density at radius 1 is 1.13 bits per heavy atom. The van der Waals surface area contributed by atoms with Gasteiger partial charge in [0.1, 0.15) is 21.2 Å². The number of nitrogens with one attached hydrogen (secondary N) is 2. The molecule has 0 saturated heterocycles. The van der Waals surface area contributed by atoms with E-state index in [0.717, 1.165) is 37.8 Å². The lowest BCUT2D eigenvalue weighted by atomic mass is 9.68. The normalized spacial score (nSPS) is 29.7. The molecule has 1 aromatic heterocycles. The lowest BCUT2D eigenvalue weighted by Gasteiger charge is -2.46. The molecule has 7 atom stereocenters. The van der Waals surface area contributed by atoms with Crippen LogP contribution in [0.25, 0.3) is 0 Å². The van der Waals surface area contributed by atoms with E-state index >= 15 is 0 Å². The van der Waals surface area contributed by atoms with Gasteiger partial charge in [0.15, 0.2) is 0 Å². The van der Waals surface area contributed by atoms with Gasteiger partial charge in [-0.2, -0.15) is 0 Å². The number of aryl methyl sites for hydroxylation is 2. The van der Waals surface area contributed by atoms with E-state index in [1.807, 2.05) is 18.2 Å². The summed E-state index contributed by atoms with van der Waals surface area (Å²) in [6, 6.07) is 10.7. The van der Waals surface area contributed by atoms with Gasteiger partial charge >= 0.3 is 0 Å². The number of methoxy groups -OCH3 is 2. The van der Waals surface area contributed by atoms with Crippen molar-refractivity contribution in [3.8, 4) is 11.6 Å². The standard InChI is InChI=1S/C40H49ClN6O7S/c1-24-21-55(51,45-38(50)31-20-46(3)43-39(31)53-5)44-37(49)27-9-14-36-34(18-27)47(19-28-8-11-30(28)35(52-4)15-13-33(24)42-25(2)48)22-40(23-54-36)16-6-7-26-17-29(41)10-12-32(26)40/h9-10,12-15,17-18,20,24,28,30,33,35H,6-8,11,16,19,21-23H2,1-5H3,(H,42,48)(H,44,45,49,50,51)/b15-13+/t24-,28+,30-,33+,35+,40+,55?/m1/s1. The number of carbonyl (C=O) groups excluding carboxylic acids is 3. The maximum Gasteiger partial charge on any atom is 0.286 e. The molecular weight excluding hydrogens is 744 g/mol. The molecule has 2 aromatic carbocycles. The topological polar surface area (TPSA) is 153 Å².